The molecule has 5 nitrogen and oxygen atoms in total. The Balaban J connectivity index is 1.59. The molecule has 0 aromatic heterocycles. The number of likely N-dealkylation sites (tertiary alicyclic amines) is 1. The molecule has 1 fully saturated rings. The van der Waals surface area contributed by atoms with Gasteiger partial charge in [-0.3, -0.25) is 9.59 Å². The van der Waals surface area contributed by atoms with Crippen molar-refractivity contribution in [2.45, 2.75) is 32.1 Å². The van der Waals surface area contributed by atoms with Crippen LogP contribution < -0.4 is 4.74 Å². The summed E-state index contributed by atoms with van der Waals surface area (Å²) in [5.41, 5.74) is 1.11. The maximum absolute atomic E-state index is 12.6. The molecule has 2 aliphatic heterocycles. The number of hydrogen-bond donors (Lipinski definition) is 0. The zero-order valence-corrected chi connectivity index (χ0v) is 13.5. The molecule has 2 heterocycles. The average Bonchev–Trinajstić information content (AvgIpc) is 2.98. The van der Waals surface area contributed by atoms with E-state index in [-0.39, 0.29) is 23.7 Å². The second kappa shape index (κ2) is 7.02. The van der Waals surface area contributed by atoms with Gasteiger partial charge in [-0.1, -0.05) is 18.2 Å². The van der Waals surface area contributed by atoms with Crippen molar-refractivity contribution in [2.75, 3.05) is 26.3 Å². The first-order valence-corrected chi connectivity index (χ1v) is 8.35. The molecule has 23 heavy (non-hydrogen) atoms. The number of para-hydroxylation sites is 1. The van der Waals surface area contributed by atoms with Crippen LogP contribution in [0.25, 0.3) is 0 Å². The van der Waals surface area contributed by atoms with Gasteiger partial charge in [-0.15, -0.1) is 0 Å². The molecule has 2 aliphatic rings. The van der Waals surface area contributed by atoms with Crippen molar-refractivity contribution in [2.24, 2.45) is 5.92 Å². The maximum Gasteiger partial charge on any atom is 0.310 e. The zero-order valence-electron chi connectivity index (χ0n) is 13.5. The highest BCUT2D eigenvalue weighted by Gasteiger charge is 2.32. The number of carbonyl (C=O) groups excluding carboxylic acids is 2. The summed E-state index contributed by atoms with van der Waals surface area (Å²) >= 11 is 0. The molecular formula is C18H23NO4. The molecule has 2 atom stereocenters. The average molecular weight is 317 g/mol. The fraction of sp³-hybridized carbons (Fsp3) is 0.556. The number of fused-ring (bicyclic) bond motifs is 1. The molecule has 0 bridgehead atoms. The van der Waals surface area contributed by atoms with Crippen molar-refractivity contribution in [3.63, 3.8) is 0 Å². The van der Waals surface area contributed by atoms with E-state index < -0.39 is 0 Å². The minimum absolute atomic E-state index is 0.101. The number of piperidine rings is 1. The molecule has 0 spiro atoms. The van der Waals surface area contributed by atoms with Crippen LogP contribution in [-0.2, 0) is 14.3 Å². The van der Waals surface area contributed by atoms with Crippen LogP contribution in [0.3, 0.4) is 0 Å². The highest BCUT2D eigenvalue weighted by Crippen LogP contribution is 2.36. The first-order valence-electron chi connectivity index (χ1n) is 8.35. The lowest BCUT2D eigenvalue weighted by Gasteiger charge is -2.32. The van der Waals surface area contributed by atoms with Gasteiger partial charge in [-0.05, 0) is 25.8 Å². The summed E-state index contributed by atoms with van der Waals surface area (Å²) in [4.78, 5) is 26.3. The van der Waals surface area contributed by atoms with Crippen molar-refractivity contribution in [1.29, 1.82) is 0 Å². The van der Waals surface area contributed by atoms with Crippen molar-refractivity contribution in [3.05, 3.63) is 29.8 Å². The van der Waals surface area contributed by atoms with E-state index in [0.29, 0.717) is 26.2 Å². The van der Waals surface area contributed by atoms with E-state index in [9.17, 15) is 9.59 Å². The number of amides is 1. The van der Waals surface area contributed by atoms with Crippen LogP contribution in [0.4, 0.5) is 0 Å². The summed E-state index contributed by atoms with van der Waals surface area (Å²) in [6.45, 7) is 3.96. The van der Waals surface area contributed by atoms with Gasteiger partial charge in [0.1, 0.15) is 5.75 Å². The number of nitrogens with zero attached hydrogens (tertiary/aromatic N) is 1. The molecule has 1 amide bonds. The quantitative estimate of drug-likeness (QED) is 0.800. The van der Waals surface area contributed by atoms with Gasteiger partial charge in [0.15, 0.2) is 0 Å². The van der Waals surface area contributed by atoms with Gasteiger partial charge < -0.3 is 14.4 Å². The van der Waals surface area contributed by atoms with Crippen molar-refractivity contribution in [1.82, 2.24) is 4.90 Å². The summed E-state index contributed by atoms with van der Waals surface area (Å²) in [7, 11) is 0. The molecule has 0 N–H and O–H groups in total. The monoisotopic (exact) mass is 317 g/mol. The lowest BCUT2D eigenvalue weighted by Crippen LogP contribution is -2.43. The van der Waals surface area contributed by atoms with Gasteiger partial charge in [0.2, 0.25) is 5.91 Å². The predicted molar refractivity (Wildman–Crippen MR) is 85.2 cm³/mol. The topological polar surface area (TPSA) is 55.8 Å². The van der Waals surface area contributed by atoms with E-state index in [0.717, 1.165) is 30.7 Å². The molecule has 3 rings (SSSR count). The van der Waals surface area contributed by atoms with E-state index in [4.69, 9.17) is 9.47 Å². The second-order valence-electron chi connectivity index (χ2n) is 6.18. The molecule has 1 aromatic rings. The van der Waals surface area contributed by atoms with Crippen LogP contribution in [0.5, 0.6) is 5.75 Å². The SMILES string of the molecule is CCOC(=O)C1CCCN(C(=O)CC2COc3ccccc32)C1. The Morgan fingerprint density at radius 3 is 3.00 bits per heavy atom. The molecular weight excluding hydrogens is 294 g/mol. The number of carbonyl (C=O) groups is 2. The van der Waals surface area contributed by atoms with E-state index in [2.05, 4.69) is 0 Å². The van der Waals surface area contributed by atoms with Crippen LogP contribution in [-0.4, -0.2) is 43.1 Å². The standard InChI is InChI=1S/C18H23NO4/c1-2-22-18(21)13-6-5-9-19(11-13)17(20)10-14-12-23-16-8-4-3-7-15(14)16/h3-4,7-8,13-14H,2,5-6,9-12H2,1H3. The third-order valence-electron chi connectivity index (χ3n) is 4.61. The van der Waals surface area contributed by atoms with Gasteiger partial charge >= 0.3 is 5.97 Å². The van der Waals surface area contributed by atoms with Crippen LogP contribution in [0.1, 0.15) is 37.7 Å². The van der Waals surface area contributed by atoms with Crippen molar-refractivity contribution in [3.8, 4) is 5.75 Å². The Hall–Kier alpha value is -2.04. The third-order valence-corrected chi connectivity index (χ3v) is 4.61. The summed E-state index contributed by atoms with van der Waals surface area (Å²) in [6, 6.07) is 7.88. The van der Waals surface area contributed by atoms with Gasteiger partial charge in [-0.2, -0.15) is 0 Å². The molecule has 0 saturated carbocycles. The summed E-state index contributed by atoms with van der Waals surface area (Å²) in [6.07, 6.45) is 2.09. The summed E-state index contributed by atoms with van der Waals surface area (Å²) in [5, 5.41) is 0. The van der Waals surface area contributed by atoms with E-state index in [1.807, 2.05) is 29.2 Å². The molecule has 1 saturated heterocycles. The first-order chi connectivity index (χ1) is 11.2. The molecule has 2 unspecified atom stereocenters. The molecule has 124 valence electrons. The zero-order chi connectivity index (χ0) is 16.2. The van der Waals surface area contributed by atoms with Crippen LogP contribution in [0.2, 0.25) is 0 Å². The minimum atomic E-state index is -0.181. The van der Waals surface area contributed by atoms with E-state index in [1.165, 1.54) is 0 Å². The Morgan fingerprint density at radius 2 is 2.17 bits per heavy atom. The minimum Gasteiger partial charge on any atom is -0.493 e. The number of benzene rings is 1. The normalized spacial score (nSPS) is 23.1. The lowest BCUT2D eigenvalue weighted by molar-refractivity contribution is -0.151. The highest BCUT2D eigenvalue weighted by atomic mass is 16.5. The number of esters is 1. The molecule has 5 heteroatoms. The molecule has 1 aromatic carbocycles. The third kappa shape index (κ3) is 3.49. The molecule has 0 radical (unpaired) electrons. The smallest absolute Gasteiger partial charge is 0.310 e. The first kappa shape index (κ1) is 15.8. The van der Waals surface area contributed by atoms with Gasteiger partial charge in [0, 0.05) is 31.0 Å². The number of ether oxygens (including phenoxy) is 2. The largest absolute Gasteiger partial charge is 0.493 e. The predicted octanol–water partition coefficient (Wildman–Crippen LogP) is 2.35. The lowest BCUT2D eigenvalue weighted by atomic mass is 9.94. The van der Waals surface area contributed by atoms with E-state index >= 15 is 0 Å². The fourth-order valence-electron chi connectivity index (χ4n) is 3.39. The second-order valence-corrected chi connectivity index (χ2v) is 6.18. The molecule has 0 aliphatic carbocycles. The van der Waals surface area contributed by atoms with Crippen LogP contribution in [0.15, 0.2) is 24.3 Å². The Morgan fingerprint density at radius 1 is 1.35 bits per heavy atom. The van der Waals surface area contributed by atoms with Gasteiger partial charge in [0.05, 0.1) is 19.1 Å². The van der Waals surface area contributed by atoms with Crippen molar-refractivity contribution < 1.29 is 19.1 Å². The van der Waals surface area contributed by atoms with Gasteiger partial charge in [-0.25, -0.2) is 0 Å². The van der Waals surface area contributed by atoms with E-state index in [1.54, 1.807) is 6.92 Å². The summed E-state index contributed by atoms with van der Waals surface area (Å²) < 4.78 is 10.7. The Kier molecular flexibility index (Phi) is 4.84. The number of rotatable bonds is 4. The highest BCUT2D eigenvalue weighted by molar-refractivity contribution is 5.79. The number of hydrogen-bond acceptors (Lipinski definition) is 4. The van der Waals surface area contributed by atoms with Crippen LogP contribution in [0, 0.1) is 5.92 Å². The maximum atomic E-state index is 12.6. The summed E-state index contributed by atoms with van der Waals surface area (Å²) in [5.74, 6) is 0.735. The Labute approximate surface area is 136 Å². The van der Waals surface area contributed by atoms with Gasteiger partial charge in [0.25, 0.3) is 0 Å². The Bertz CT molecular complexity index is 586. The van der Waals surface area contributed by atoms with Crippen LogP contribution >= 0.6 is 0 Å². The van der Waals surface area contributed by atoms with Crippen molar-refractivity contribution >= 4 is 11.9 Å². The fourth-order valence-corrected chi connectivity index (χ4v) is 3.39.